The number of H-pyrrole nitrogens is 1. The Balaban J connectivity index is 2.16. The number of imidazole rings is 1. The Hall–Kier alpha value is -1.08. The molecule has 0 bridgehead atoms. The van der Waals surface area contributed by atoms with Crippen LogP contribution in [0.3, 0.4) is 0 Å². The number of thioether (sulfide) groups is 1. The zero-order chi connectivity index (χ0) is 12.5. The SMILES string of the molecule is COc1ncnc2c1[nH]c(=S)n2C1CCCSC1. The summed E-state index contributed by atoms with van der Waals surface area (Å²) in [6.07, 6.45) is 3.91. The molecule has 1 aliphatic heterocycles. The van der Waals surface area contributed by atoms with Gasteiger partial charge in [0, 0.05) is 11.8 Å². The molecule has 1 N–H and O–H groups in total. The predicted octanol–water partition coefficient (Wildman–Crippen LogP) is 2.57. The summed E-state index contributed by atoms with van der Waals surface area (Å²) in [5.41, 5.74) is 1.64. The molecule has 1 unspecified atom stereocenters. The van der Waals surface area contributed by atoms with E-state index < -0.39 is 0 Å². The molecule has 1 fully saturated rings. The highest BCUT2D eigenvalue weighted by atomic mass is 32.2. The van der Waals surface area contributed by atoms with Gasteiger partial charge in [-0.2, -0.15) is 16.7 Å². The van der Waals surface area contributed by atoms with E-state index in [4.69, 9.17) is 17.0 Å². The van der Waals surface area contributed by atoms with Gasteiger partial charge in [-0.05, 0) is 30.8 Å². The van der Waals surface area contributed by atoms with Gasteiger partial charge in [0.25, 0.3) is 0 Å². The van der Waals surface area contributed by atoms with E-state index >= 15 is 0 Å². The first-order valence-electron chi connectivity index (χ1n) is 5.88. The van der Waals surface area contributed by atoms with Crippen LogP contribution in [-0.4, -0.2) is 38.1 Å². The normalized spacial score (nSPS) is 20.2. The molecular weight excluding hydrogens is 268 g/mol. The van der Waals surface area contributed by atoms with Crippen LogP contribution in [0.4, 0.5) is 0 Å². The Morgan fingerprint density at radius 1 is 1.56 bits per heavy atom. The molecule has 3 heterocycles. The van der Waals surface area contributed by atoms with Crippen molar-refractivity contribution < 1.29 is 4.74 Å². The van der Waals surface area contributed by atoms with Crippen molar-refractivity contribution in [1.82, 2.24) is 19.5 Å². The lowest BCUT2D eigenvalue weighted by molar-refractivity contribution is 0.401. The second-order valence-corrected chi connectivity index (χ2v) is 5.79. The van der Waals surface area contributed by atoms with E-state index in [1.165, 1.54) is 18.5 Å². The Labute approximate surface area is 114 Å². The zero-order valence-electron chi connectivity index (χ0n) is 10.0. The number of nitrogens with one attached hydrogen (secondary N) is 1. The maximum Gasteiger partial charge on any atom is 0.242 e. The Morgan fingerprint density at radius 2 is 2.44 bits per heavy atom. The van der Waals surface area contributed by atoms with Gasteiger partial charge in [0.2, 0.25) is 5.88 Å². The first kappa shape index (κ1) is 12.0. The summed E-state index contributed by atoms with van der Waals surface area (Å²) in [5.74, 6) is 2.88. The first-order chi connectivity index (χ1) is 8.81. The number of aromatic nitrogens is 4. The van der Waals surface area contributed by atoms with E-state index in [-0.39, 0.29) is 0 Å². The molecule has 0 saturated carbocycles. The van der Waals surface area contributed by atoms with Gasteiger partial charge in [0.1, 0.15) is 11.8 Å². The van der Waals surface area contributed by atoms with E-state index in [2.05, 4.69) is 19.5 Å². The van der Waals surface area contributed by atoms with Crippen LogP contribution in [0.25, 0.3) is 11.2 Å². The van der Waals surface area contributed by atoms with Crippen LogP contribution < -0.4 is 4.74 Å². The minimum Gasteiger partial charge on any atom is -0.479 e. The van der Waals surface area contributed by atoms with Gasteiger partial charge < -0.3 is 9.72 Å². The van der Waals surface area contributed by atoms with E-state index in [9.17, 15) is 0 Å². The quantitative estimate of drug-likeness (QED) is 0.858. The number of ether oxygens (including phenoxy) is 1. The fraction of sp³-hybridized carbons (Fsp3) is 0.545. The Morgan fingerprint density at radius 3 is 3.17 bits per heavy atom. The van der Waals surface area contributed by atoms with E-state index in [1.54, 1.807) is 7.11 Å². The number of rotatable bonds is 2. The molecule has 1 saturated heterocycles. The molecule has 0 spiro atoms. The second kappa shape index (κ2) is 4.89. The predicted molar refractivity (Wildman–Crippen MR) is 74.9 cm³/mol. The molecular formula is C11H14N4OS2. The highest BCUT2D eigenvalue weighted by Gasteiger charge is 2.21. The minimum atomic E-state index is 0.421. The maximum absolute atomic E-state index is 5.42. The molecule has 1 aliphatic rings. The van der Waals surface area contributed by atoms with Gasteiger partial charge in [0.15, 0.2) is 10.4 Å². The van der Waals surface area contributed by atoms with Gasteiger partial charge in [0.05, 0.1) is 7.11 Å². The summed E-state index contributed by atoms with van der Waals surface area (Å²) in [5, 5.41) is 0. The third-order valence-electron chi connectivity index (χ3n) is 3.17. The van der Waals surface area contributed by atoms with E-state index in [0.717, 1.165) is 23.3 Å². The van der Waals surface area contributed by atoms with Crippen LogP contribution in [0.5, 0.6) is 5.88 Å². The number of fused-ring (bicyclic) bond motifs is 1. The standard InChI is InChI=1S/C11H14N4OS2/c1-16-10-8-9(12-6-13-10)15(11(17)14-8)7-3-2-4-18-5-7/h6-7H,2-5H2,1H3,(H,14,17). The van der Waals surface area contributed by atoms with Crippen molar-refractivity contribution in [3.05, 3.63) is 11.1 Å². The molecule has 2 aromatic rings. The largest absolute Gasteiger partial charge is 0.479 e. The van der Waals surface area contributed by atoms with Gasteiger partial charge in [-0.3, -0.25) is 4.57 Å². The van der Waals surface area contributed by atoms with Crippen molar-refractivity contribution in [2.24, 2.45) is 0 Å². The van der Waals surface area contributed by atoms with Crippen LogP contribution in [0.15, 0.2) is 6.33 Å². The van der Waals surface area contributed by atoms with Gasteiger partial charge in [-0.15, -0.1) is 0 Å². The van der Waals surface area contributed by atoms with Crippen LogP contribution in [0.2, 0.25) is 0 Å². The highest BCUT2D eigenvalue weighted by molar-refractivity contribution is 7.99. The Kier molecular flexibility index (Phi) is 3.25. The molecule has 0 aliphatic carbocycles. The van der Waals surface area contributed by atoms with E-state index in [1.807, 2.05) is 11.8 Å². The Bertz CT molecular complexity index is 615. The van der Waals surface area contributed by atoms with Crippen LogP contribution in [0.1, 0.15) is 18.9 Å². The fourth-order valence-corrected chi connectivity index (χ4v) is 3.80. The minimum absolute atomic E-state index is 0.421. The molecule has 5 nitrogen and oxygen atoms in total. The molecule has 2 aromatic heterocycles. The number of hydrogen-bond donors (Lipinski definition) is 1. The summed E-state index contributed by atoms with van der Waals surface area (Å²) in [6, 6.07) is 0.421. The van der Waals surface area contributed by atoms with Crippen LogP contribution in [-0.2, 0) is 0 Å². The molecule has 0 amide bonds. The van der Waals surface area contributed by atoms with Crippen LogP contribution in [0, 0.1) is 4.77 Å². The number of aromatic amines is 1. The third kappa shape index (κ3) is 1.91. The summed E-state index contributed by atoms with van der Waals surface area (Å²) in [4.78, 5) is 11.6. The summed E-state index contributed by atoms with van der Waals surface area (Å²) >= 11 is 7.39. The van der Waals surface area contributed by atoms with Gasteiger partial charge in [-0.1, -0.05) is 0 Å². The lowest BCUT2D eigenvalue weighted by atomic mass is 10.2. The topological polar surface area (TPSA) is 55.7 Å². The summed E-state index contributed by atoms with van der Waals surface area (Å²) in [7, 11) is 1.60. The van der Waals surface area contributed by atoms with Crippen molar-refractivity contribution in [1.29, 1.82) is 0 Å². The van der Waals surface area contributed by atoms with Crippen molar-refractivity contribution in [3.8, 4) is 5.88 Å². The van der Waals surface area contributed by atoms with Crippen molar-refractivity contribution in [2.45, 2.75) is 18.9 Å². The van der Waals surface area contributed by atoms with Crippen molar-refractivity contribution in [2.75, 3.05) is 18.6 Å². The molecule has 3 rings (SSSR count). The molecule has 0 radical (unpaired) electrons. The molecule has 7 heteroatoms. The monoisotopic (exact) mass is 282 g/mol. The maximum atomic E-state index is 5.42. The average molecular weight is 282 g/mol. The zero-order valence-corrected chi connectivity index (χ0v) is 11.7. The van der Waals surface area contributed by atoms with E-state index in [0.29, 0.717) is 16.7 Å². The third-order valence-corrected chi connectivity index (χ3v) is 4.66. The van der Waals surface area contributed by atoms with Gasteiger partial charge in [-0.25, -0.2) is 4.98 Å². The van der Waals surface area contributed by atoms with Crippen molar-refractivity contribution in [3.63, 3.8) is 0 Å². The first-order valence-corrected chi connectivity index (χ1v) is 7.44. The number of hydrogen-bond acceptors (Lipinski definition) is 5. The fourth-order valence-electron chi connectivity index (χ4n) is 2.34. The molecule has 18 heavy (non-hydrogen) atoms. The molecule has 96 valence electrons. The van der Waals surface area contributed by atoms with Crippen molar-refractivity contribution >= 4 is 35.1 Å². The summed E-state index contributed by atoms with van der Waals surface area (Å²) < 4.78 is 8.05. The number of nitrogens with zero attached hydrogens (tertiary/aromatic N) is 3. The second-order valence-electron chi connectivity index (χ2n) is 4.25. The average Bonchev–Trinajstić information content (AvgIpc) is 2.75. The molecule has 1 atom stereocenters. The van der Waals surface area contributed by atoms with Crippen LogP contribution >= 0.6 is 24.0 Å². The lowest BCUT2D eigenvalue weighted by Crippen LogP contribution is -2.16. The molecule has 0 aromatic carbocycles. The smallest absolute Gasteiger partial charge is 0.242 e. The summed E-state index contributed by atoms with van der Waals surface area (Å²) in [6.45, 7) is 0. The lowest BCUT2D eigenvalue weighted by Gasteiger charge is -2.22. The highest BCUT2D eigenvalue weighted by Crippen LogP contribution is 2.31. The van der Waals surface area contributed by atoms with Gasteiger partial charge >= 0.3 is 0 Å². The number of methoxy groups -OCH3 is 1.